The number of hydrogen-bond acceptors (Lipinski definition) is 4. The average molecular weight is 362 g/mol. The number of nitrogens with one attached hydrogen (secondary N) is 2. The summed E-state index contributed by atoms with van der Waals surface area (Å²) in [5, 5.41) is 4.15. The molecule has 0 atom stereocenters. The molecule has 0 aliphatic rings. The molecule has 0 saturated carbocycles. The van der Waals surface area contributed by atoms with Gasteiger partial charge in [0.25, 0.3) is 0 Å². The zero-order chi connectivity index (χ0) is 17.1. The fraction of sp³-hybridized carbons (Fsp3) is 0.176. The van der Waals surface area contributed by atoms with Crippen molar-refractivity contribution in [2.75, 3.05) is 18.2 Å². The van der Waals surface area contributed by atoms with Gasteiger partial charge in [0.05, 0.1) is 23.9 Å². The smallest absolute Gasteiger partial charge is 0.234 e. The van der Waals surface area contributed by atoms with Crippen LogP contribution < -0.4 is 10.1 Å². The number of aromatic amines is 1. The molecule has 24 heavy (non-hydrogen) atoms. The molecule has 1 aromatic heterocycles. The number of rotatable bonds is 5. The average Bonchev–Trinajstić information content (AvgIpc) is 2.98. The number of carbonyl (C=O) groups is 1. The van der Waals surface area contributed by atoms with E-state index in [0.717, 1.165) is 22.3 Å². The molecule has 7 heteroatoms. The van der Waals surface area contributed by atoms with E-state index < -0.39 is 0 Å². The number of carbonyl (C=O) groups excluding carboxylic acids is 1. The van der Waals surface area contributed by atoms with Crippen LogP contribution in [0.3, 0.4) is 0 Å². The Hall–Kier alpha value is -2.18. The van der Waals surface area contributed by atoms with Crippen molar-refractivity contribution >= 4 is 46.0 Å². The number of anilines is 1. The molecule has 0 fully saturated rings. The number of methoxy groups -OCH3 is 1. The summed E-state index contributed by atoms with van der Waals surface area (Å²) in [6.07, 6.45) is 0. The SMILES string of the molecule is COc1ccc2nc(SCC(=O)Nc3ccc(C)c(Cl)c3)[nH]c2c1. The lowest BCUT2D eigenvalue weighted by atomic mass is 10.2. The summed E-state index contributed by atoms with van der Waals surface area (Å²) in [4.78, 5) is 19.7. The fourth-order valence-electron chi connectivity index (χ4n) is 2.16. The molecule has 5 nitrogen and oxygen atoms in total. The molecule has 3 rings (SSSR count). The van der Waals surface area contributed by atoms with Crippen LogP contribution in [-0.4, -0.2) is 28.7 Å². The molecule has 1 amide bonds. The normalized spacial score (nSPS) is 10.8. The highest BCUT2D eigenvalue weighted by molar-refractivity contribution is 7.99. The highest BCUT2D eigenvalue weighted by Crippen LogP contribution is 2.24. The molecule has 0 unspecified atom stereocenters. The molecule has 2 N–H and O–H groups in total. The van der Waals surface area contributed by atoms with Crippen LogP contribution in [0.1, 0.15) is 5.56 Å². The van der Waals surface area contributed by atoms with Gasteiger partial charge < -0.3 is 15.0 Å². The quantitative estimate of drug-likeness (QED) is 0.666. The zero-order valence-electron chi connectivity index (χ0n) is 13.2. The number of hydrogen-bond donors (Lipinski definition) is 2. The van der Waals surface area contributed by atoms with E-state index in [2.05, 4.69) is 15.3 Å². The number of thioether (sulfide) groups is 1. The Bertz CT molecular complexity index is 895. The van der Waals surface area contributed by atoms with Gasteiger partial charge in [-0.2, -0.15) is 0 Å². The van der Waals surface area contributed by atoms with Gasteiger partial charge in [-0.1, -0.05) is 29.4 Å². The van der Waals surface area contributed by atoms with Crippen LogP contribution in [0.25, 0.3) is 11.0 Å². The molecule has 0 radical (unpaired) electrons. The van der Waals surface area contributed by atoms with Gasteiger partial charge in [0.2, 0.25) is 5.91 Å². The van der Waals surface area contributed by atoms with Crippen molar-refractivity contribution < 1.29 is 9.53 Å². The topological polar surface area (TPSA) is 67.0 Å². The largest absolute Gasteiger partial charge is 0.497 e. The van der Waals surface area contributed by atoms with E-state index in [1.165, 1.54) is 11.8 Å². The van der Waals surface area contributed by atoms with E-state index in [1.807, 2.05) is 37.3 Å². The van der Waals surface area contributed by atoms with Gasteiger partial charge >= 0.3 is 0 Å². The van der Waals surface area contributed by atoms with Gasteiger partial charge in [-0.3, -0.25) is 4.79 Å². The van der Waals surface area contributed by atoms with Crippen LogP contribution in [0.15, 0.2) is 41.6 Å². The van der Waals surface area contributed by atoms with E-state index in [1.54, 1.807) is 13.2 Å². The summed E-state index contributed by atoms with van der Waals surface area (Å²) in [6, 6.07) is 11.1. The number of H-pyrrole nitrogens is 1. The molecule has 0 aliphatic carbocycles. The molecule has 0 saturated heterocycles. The van der Waals surface area contributed by atoms with Gasteiger partial charge in [-0.15, -0.1) is 0 Å². The minimum Gasteiger partial charge on any atom is -0.497 e. The van der Waals surface area contributed by atoms with Crippen molar-refractivity contribution in [1.82, 2.24) is 9.97 Å². The molecular formula is C17H16ClN3O2S. The summed E-state index contributed by atoms with van der Waals surface area (Å²) in [6.45, 7) is 1.92. The van der Waals surface area contributed by atoms with Gasteiger partial charge in [0, 0.05) is 16.8 Å². The van der Waals surface area contributed by atoms with Crippen LogP contribution in [-0.2, 0) is 4.79 Å². The van der Waals surface area contributed by atoms with E-state index in [-0.39, 0.29) is 11.7 Å². The Labute approximate surface area is 148 Å². The van der Waals surface area contributed by atoms with Gasteiger partial charge in [-0.25, -0.2) is 4.98 Å². The molecule has 0 aliphatic heterocycles. The van der Waals surface area contributed by atoms with Crippen LogP contribution in [0.4, 0.5) is 5.69 Å². The van der Waals surface area contributed by atoms with Gasteiger partial charge in [0.1, 0.15) is 5.75 Å². The molecule has 1 heterocycles. The number of fused-ring (bicyclic) bond motifs is 1. The Kier molecular flexibility index (Phi) is 4.97. The predicted octanol–water partition coefficient (Wildman–Crippen LogP) is 4.26. The number of imidazole rings is 1. The lowest BCUT2D eigenvalue weighted by molar-refractivity contribution is -0.113. The number of amides is 1. The molecule has 0 spiro atoms. The third-order valence-electron chi connectivity index (χ3n) is 3.46. The van der Waals surface area contributed by atoms with Crippen LogP contribution in [0, 0.1) is 6.92 Å². The van der Waals surface area contributed by atoms with Crippen LogP contribution in [0.2, 0.25) is 5.02 Å². The Balaban J connectivity index is 1.62. The number of ether oxygens (including phenoxy) is 1. The summed E-state index contributed by atoms with van der Waals surface area (Å²) in [5.74, 6) is 0.900. The highest BCUT2D eigenvalue weighted by Gasteiger charge is 2.09. The number of benzene rings is 2. The minimum absolute atomic E-state index is 0.113. The summed E-state index contributed by atoms with van der Waals surface area (Å²) in [5.41, 5.74) is 3.37. The molecule has 2 aromatic carbocycles. The second kappa shape index (κ2) is 7.15. The minimum atomic E-state index is -0.113. The predicted molar refractivity (Wildman–Crippen MR) is 98.2 cm³/mol. The summed E-state index contributed by atoms with van der Waals surface area (Å²) in [7, 11) is 1.62. The Morgan fingerprint density at radius 2 is 2.17 bits per heavy atom. The van der Waals surface area contributed by atoms with Crippen molar-refractivity contribution in [3.8, 4) is 5.75 Å². The number of aryl methyl sites for hydroxylation is 1. The fourth-order valence-corrected chi connectivity index (χ4v) is 3.03. The first-order valence-corrected chi connectivity index (χ1v) is 8.64. The second-order valence-corrected chi connectivity index (χ2v) is 6.60. The van der Waals surface area contributed by atoms with Gasteiger partial charge in [-0.05, 0) is 36.8 Å². The molecule has 3 aromatic rings. The van der Waals surface area contributed by atoms with Crippen molar-refractivity contribution in [3.63, 3.8) is 0 Å². The number of halogens is 1. The molecular weight excluding hydrogens is 346 g/mol. The number of nitrogens with zero attached hydrogens (tertiary/aromatic N) is 1. The summed E-state index contributed by atoms with van der Waals surface area (Å²) >= 11 is 7.40. The second-order valence-electron chi connectivity index (χ2n) is 5.23. The third kappa shape index (κ3) is 3.83. The van der Waals surface area contributed by atoms with Crippen molar-refractivity contribution in [3.05, 3.63) is 47.0 Å². The van der Waals surface area contributed by atoms with Crippen LogP contribution >= 0.6 is 23.4 Å². The monoisotopic (exact) mass is 361 g/mol. The number of aromatic nitrogens is 2. The summed E-state index contributed by atoms with van der Waals surface area (Å²) < 4.78 is 5.18. The Morgan fingerprint density at radius 3 is 2.92 bits per heavy atom. The van der Waals surface area contributed by atoms with Crippen molar-refractivity contribution in [1.29, 1.82) is 0 Å². The standard InChI is InChI=1S/C17H16ClN3O2S/c1-10-3-4-11(7-13(10)18)19-16(22)9-24-17-20-14-6-5-12(23-2)8-15(14)21-17/h3-8H,9H2,1-2H3,(H,19,22)(H,20,21). The maximum absolute atomic E-state index is 12.1. The maximum atomic E-state index is 12.1. The highest BCUT2D eigenvalue weighted by atomic mass is 35.5. The zero-order valence-corrected chi connectivity index (χ0v) is 14.8. The molecule has 124 valence electrons. The van der Waals surface area contributed by atoms with E-state index in [9.17, 15) is 4.79 Å². The first-order chi connectivity index (χ1) is 11.5. The van der Waals surface area contributed by atoms with Crippen molar-refractivity contribution in [2.24, 2.45) is 0 Å². The maximum Gasteiger partial charge on any atom is 0.234 e. The lowest BCUT2D eigenvalue weighted by Gasteiger charge is -2.06. The lowest BCUT2D eigenvalue weighted by Crippen LogP contribution is -2.14. The molecule has 0 bridgehead atoms. The first-order valence-electron chi connectivity index (χ1n) is 7.28. The van der Waals surface area contributed by atoms with E-state index >= 15 is 0 Å². The van der Waals surface area contributed by atoms with Gasteiger partial charge in [0.15, 0.2) is 5.16 Å². The van der Waals surface area contributed by atoms with E-state index in [0.29, 0.717) is 15.9 Å². The Morgan fingerprint density at radius 1 is 1.33 bits per heavy atom. The van der Waals surface area contributed by atoms with Crippen molar-refractivity contribution in [2.45, 2.75) is 12.1 Å². The van der Waals surface area contributed by atoms with E-state index in [4.69, 9.17) is 16.3 Å². The van der Waals surface area contributed by atoms with Crippen LogP contribution in [0.5, 0.6) is 5.75 Å². The first kappa shape index (κ1) is 16.7. The third-order valence-corrected chi connectivity index (χ3v) is 4.74.